The van der Waals surface area contributed by atoms with Gasteiger partial charge in [0.15, 0.2) is 0 Å². The van der Waals surface area contributed by atoms with Crippen LogP contribution in [0.25, 0.3) is 0 Å². The maximum absolute atomic E-state index is 12.0. The summed E-state index contributed by atoms with van der Waals surface area (Å²) in [6, 6.07) is 3.00. The van der Waals surface area contributed by atoms with Crippen molar-refractivity contribution in [1.29, 1.82) is 0 Å². The molecular formula is C9H10F3N. The van der Waals surface area contributed by atoms with Crippen LogP contribution in [0.2, 0.25) is 0 Å². The van der Waals surface area contributed by atoms with Gasteiger partial charge in [0.1, 0.15) is 0 Å². The van der Waals surface area contributed by atoms with E-state index in [4.69, 9.17) is 0 Å². The molecule has 0 radical (unpaired) electrons. The van der Waals surface area contributed by atoms with Crippen LogP contribution in [0.3, 0.4) is 0 Å². The van der Waals surface area contributed by atoms with E-state index in [1.165, 1.54) is 18.3 Å². The van der Waals surface area contributed by atoms with Crippen LogP contribution >= 0.6 is 0 Å². The molecule has 0 bridgehead atoms. The number of pyridine rings is 1. The van der Waals surface area contributed by atoms with Gasteiger partial charge >= 0.3 is 6.18 Å². The molecule has 1 heterocycles. The summed E-state index contributed by atoms with van der Waals surface area (Å²) in [4.78, 5) is 3.88. The predicted molar refractivity (Wildman–Crippen MR) is 43.4 cm³/mol. The van der Waals surface area contributed by atoms with Gasteiger partial charge in [0, 0.05) is 11.9 Å². The molecule has 0 aliphatic heterocycles. The lowest BCUT2D eigenvalue weighted by molar-refractivity contribution is -0.127. The van der Waals surface area contributed by atoms with Crippen LogP contribution in [0.4, 0.5) is 13.2 Å². The van der Waals surface area contributed by atoms with Crippen molar-refractivity contribution >= 4 is 0 Å². The zero-order valence-electron chi connectivity index (χ0n) is 7.23. The third-order valence-corrected chi connectivity index (χ3v) is 1.71. The van der Waals surface area contributed by atoms with Crippen LogP contribution in [0.5, 0.6) is 0 Å². The molecule has 1 aromatic rings. The Morgan fingerprint density at radius 2 is 2.08 bits per heavy atom. The molecule has 0 aliphatic rings. The summed E-state index contributed by atoms with van der Waals surface area (Å²) in [6.45, 7) is 1.79. The average Bonchev–Trinajstić information content (AvgIpc) is 2.02. The summed E-state index contributed by atoms with van der Waals surface area (Å²) in [6.07, 6.45) is -2.98. The van der Waals surface area contributed by atoms with Crippen molar-refractivity contribution in [3.8, 4) is 0 Å². The van der Waals surface area contributed by atoms with Gasteiger partial charge in [0.2, 0.25) is 0 Å². The van der Waals surface area contributed by atoms with Crippen LogP contribution in [0.15, 0.2) is 18.3 Å². The number of rotatable bonds is 2. The second-order valence-corrected chi connectivity index (χ2v) is 2.75. The number of aromatic nitrogens is 1. The molecule has 0 saturated carbocycles. The Labute approximate surface area is 74.6 Å². The Hall–Kier alpha value is -1.06. The van der Waals surface area contributed by atoms with E-state index in [0.29, 0.717) is 12.1 Å². The van der Waals surface area contributed by atoms with Gasteiger partial charge in [-0.3, -0.25) is 4.98 Å². The van der Waals surface area contributed by atoms with E-state index in [9.17, 15) is 13.2 Å². The molecule has 4 heteroatoms. The number of halogens is 3. The molecule has 13 heavy (non-hydrogen) atoms. The fourth-order valence-corrected chi connectivity index (χ4v) is 1.17. The Morgan fingerprint density at radius 1 is 1.38 bits per heavy atom. The van der Waals surface area contributed by atoms with E-state index in [0.717, 1.165) is 0 Å². The smallest absolute Gasteiger partial charge is 0.261 e. The first-order valence-electron chi connectivity index (χ1n) is 4.02. The minimum Gasteiger partial charge on any atom is -0.261 e. The first kappa shape index (κ1) is 10.0. The Bertz CT molecular complexity index is 280. The number of alkyl halides is 3. The number of aryl methyl sites for hydroxylation is 1. The summed E-state index contributed by atoms with van der Waals surface area (Å²) in [5, 5.41) is 0. The van der Waals surface area contributed by atoms with Crippen LogP contribution in [-0.4, -0.2) is 11.2 Å². The lowest BCUT2D eigenvalue weighted by Gasteiger charge is -2.08. The Kier molecular flexibility index (Phi) is 2.90. The minimum absolute atomic E-state index is 0.275. The standard InChI is InChI=1S/C9H10F3N/c1-2-8-7(4-3-5-13-8)6-9(10,11)12/h3-5H,2,6H2,1H3. The predicted octanol–water partition coefficient (Wildman–Crippen LogP) is 2.75. The highest BCUT2D eigenvalue weighted by molar-refractivity contribution is 5.20. The molecule has 0 spiro atoms. The van der Waals surface area contributed by atoms with E-state index >= 15 is 0 Å². The maximum Gasteiger partial charge on any atom is 0.393 e. The van der Waals surface area contributed by atoms with Crippen molar-refractivity contribution in [2.24, 2.45) is 0 Å². The van der Waals surface area contributed by atoms with Gasteiger partial charge in [-0.25, -0.2) is 0 Å². The highest BCUT2D eigenvalue weighted by atomic mass is 19.4. The fourth-order valence-electron chi connectivity index (χ4n) is 1.17. The second-order valence-electron chi connectivity index (χ2n) is 2.75. The SMILES string of the molecule is CCc1ncccc1CC(F)(F)F. The van der Waals surface area contributed by atoms with Crippen molar-refractivity contribution in [3.05, 3.63) is 29.6 Å². The van der Waals surface area contributed by atoms with E-state index in [2.05, 4.69) is 4.98 Å². The molecule has 0 amide bonds. The monoisotopic (exact) mass is 189 g/mol. The first-order valence-corrected chi connectivity index (χ1v) is 4.02. The van der Waals surface area contributed by atoms with Crippen LogP contribution in [0.1, 0.15) is 18.2 Å². The second kappa shape index (κ2) is 3.77. The van der Waals surface area contributed by atoms with Crippen LogP contribution < -0.4 is 0 Å². The number of nitrogens with zero attached hydrogens (tertiary/aromatic N) is 1. The van der Waals surface area contributed by atoms with Gasteiger partial charge < -0.3 is 0 Å². The molecule has 0 unspecified atom stereocenters. The van der Waals surface area contributed by atoms with Gasteiger partial charge in [-0.05, 0) is 18.1 Å². The molecule has 1 nitrogen and oxygen atoms in total. The van der Waals surface area contributed by atoms with Crippen molar-refractivity contribution in [2.45, 2.75) is 25.9 Å². The average molecular weight is 189 g/mol. The molecular weight excluding hydrogens is 179 g/mol. The van der Waals surface area contributed by atoms with E-state index < -0.39 is 12.6 Å². The number of hydrogen-bond acceptors (Lipinski definition) is 1. The van der Waals surface area contributed by atoms with Gasteiger partial charge in [-0.1, -0.05) is 13.0 Å². The normalized spacial score (nSPS) is 11.7. The summed E-state index contributed by atoms with van der Waals surface area (Å²) in [7, 11) is 0. The molecule has 72 valence electrons. The quantitative estimate of drug-likeness (QED) is 0.697. The molecule has 0 fully saturated rings. The van der Waals surface area contributed by atoms with E-state index in [1.54, 1.807) is 6.92 Å². The summed E-state index contributed by atoms with van der Waals surface area (Å²) in [5.74, 6) is 0. The molecule has 0 saturated heterocycles. The Morgan fingerprint density at radius 3 is 2.62 bits per heavy atom. The zero-order chi connectivity index (χ0) is 9.90. The van der Waals surface area contributed by atoms with Crippen LogP contribution in [0, 0.1) is 0 Å². The van der Waals surface area contributed by atoms with Crippen molar-refractivity contribution in [3.63, 3.8) is 0 Å². The Balaban J connectivity index is 2.87. The van der Waals surface area contributed by atoms with Crippen molar-refractivity contribution in [2.75, 3.05) is 0 Å². The highest BCUT2D eigenvalue weighted by Gasteiger charge is 2.28. The van der Waals surface area contributed by atoms with Crippen molar-refractivity contribution in [1.82, 2.24) is 4.98 Å². The summed E-state index contributed by atoms with van der Waals surface area (Å²) in [5.41, 5.74) is 0.803. The van der Waals surface area contributed by atoms with Gasteiger partial charge in [0.25, 0.3) is 0 Å². The van der Waals surface area contributed by atoms with Gasteiger partial charge in [-0.15, -0.1) is 0 Å². The number of hydrogen-bond donors (Lipinski definition) is 0. The van der Waals surface area contributed by atoms with Crippen LogP contribution in [-0.2, 0) is 12.8 Å². The summed E-state index contributed by atoms with van der Waals surface area (Å²) < 4.78 is 36.1. The minimum atomic E-state index is -4.15. The summed E-state index contributed by atoms with van der Waals surface area (Å²) >= 11 is 0. The molecule has 0 aromatic carbocycles. The van der Waals surface area contributed by atoms with E-state index in [-0.39, 0.29) is 5.56 Å². The molecule has 1 rings (SSSR count). The van der Waals surface area contributed by atoms with Gasteiger partial charge in [-0.2, -0.15) is 13.2 Å². The lowest BCUT2D eigenvalue weighted by Crippen LogP contribution is -2.13. The van der Waals surface area contributed by atoms with E-state index in [1.807, 2.05) is 0 Å². The molecule has 0 N–H and O–H groups in total. The first-order chi connectivity index (χ1) is 6.03. The lowest BCUT2D eigenvalue weighted by atomic mass is 10.1. The van der Waals surface area contributed by atoms with Crippen molar-refractivity contribution < 1.29 is 13.2 Å². The topological polar surface area (TPSA) is 12.9 Å². The largest absolute Gasteiger partial charge is 0.393 e. The van der Waals surface area contributed by atoms with Gasteiger partial charge in [0.05, 0.1) is 6.42 Å². The third-order valence-electron chi connectivity index (χ3n) is 1.71. The fraction of sp³-hybridized carbons (Fsp3) is 0.444. The highest BCUT2D eigenvalue weighted by Crippen LogP contribution is 2.22. The maximum atomic E-state index is 12.0. The molecule has 0 aliphatic carbocycles. The molecule has 0 atom stereocenters. The third kappa shape index (κ3) is 3.05. The molecule has 1 aromatic heterocycles. The zero-order valence-corrected chi connectivity index (χ0v) is 7.23.